The molecule has 0 unspecified atom stereocenters. The Morgan fingerprint density at radius 1 is 1.00 bits per heavy atom. The number of methoxy groups -OCH3 is 2. The van der Waals surface area contributed by atoms with Gasteiger partial charge in [-0.15, -0.1) is 0 Å². The van der Waals surface area contributed by atoms with Crippen molar-refractivity contribution < 1.29 is 14.6 Å². The molecule has 110 valence electrons. The van der Waals surface area contributed by atoms with Crippen LogP contribution in [0.2, 0.25) is 0 Å². The van der Waals surface area contributed by atoms with E-state index in [2.05, 4.69) is 18.2 Å². The number of aliphatic hydroxyl groups is 1. The number of hydrogen-bond donors (Lipinski definition) is 1. The van der Waals surface area contributed by atoms with E-state index in [0.717, 1.165) is 23.5 Å². The molecule has 0 saturated carbocycles. The second-order valence-electron chi connectivity index (χ2n) is 5.46. The van der Waals surface area contributed by atoms with Crippen LogP contribution >= 0.6 is 0 Å². The molecule has 1 aliphatic carbocycles. The predicted molar refractivity (Wildman–Crippen MR) is 82.2 cm³/mol. The zero-order valence-corrected chi connectivity index (χ0v) is 12.4. The van der Waals surface area contributed by atoms with Gasteiger partial charge >= 0.3 is 0 Å². The van der Waals surface area contributed by atoms with Gasteiger partial charge < -0.3 is 14.6 Å². The molecule has 0 radical (unpaired) electrons. The highest BCUT2D eigenvalue weighted by molar-refractivity contribution is 5.52. The number of benzene rings is 2. The molecule has 21 heavy (non-hydrogen) atoms. The first kappa shape index (κ1) is 14.0. The molecular weight excluding hydrogens is 264 g/mol. The van der Waals surface area contributed by atoms with Crippen molar-refractivity contribution in [2.75, 3.05) is 14.2 Å². The van der Waals surface area contributed by atoms with Gasteiger partial charge in [0, 0.05) is 5.92 Å². The summed E-state index contributed by atoms with van der Waals surface area (Å²) in [7, 11) is 3.29. The van der Waals surface area contributed by atoms with Crippen LogP contribution in [0.1, 0.15) is 29.0 Å². The monoisotopic (exact) mass is 284 g/mol. The van der Waals surface area contributed by atoms with Crippen molar-refractivity contribution in [2.24, 2.45) is 0 Å². The first-order valence-corrected chi connectivity index (χ1v) is 7.20. The number of hydrogen-bond acceptors (Lipinski definition) is 3. The van der Waals surface area contributed by atoms with Gasteiger partial charge in [-0.1, -0.05) is 30.3 Å². The average molecular weight is 284 g/mol. The lowest BCUT2D eigenvalue weighted by molar-refractivity contribution is 0.151. The van der Waals surface area contributed by atoms with Crippen LogP contribution in [0, 0.1) is 0 Å². The topological polar surface area (TPSA) is 38.7 Å². The maximum Gasteiger partial charge on any atom is 0.161 e. The lowest BCUT2D eigenvalue weighted by Crippen LogP contribution is -2.23. The molecule has 2 aromatic rings. The van der Waals surface area contributed by atoms with Crippen molar-refractivity contribution in [3.05, 3.63) is 59.2 Å². The van der Waals surface area contributed by atoms with Gasteiger partial charge in [0.1, 0.15) is 0 Å². The molecule has 0 amide bonds. The summed E-state index contributed by atoms with van der Waals surface area (Å²) in [6, 6.07) is 14.4. The summed E-state index contributed by atoms with van der Waals surface area (Å²) in [4.78, 5) is 0. The molecule has 1 aliphatic rings. The minimum Gasteiger partial charge on any atom is -0.493 e. The van der Waals surface area contributed by atoms with Crippen LogP contribution in [0.25, 0.3) is 0 Å². The van der Waals surface area contributed by atoms with E-state index in [1.54, 1.807) is 14.2 Å². The summed E-state index contributed by atoms with van der Waals surface area (Å²) in [5.41, 5.74) is 3.59. The molecule has 0 spiro atoms. The summed E-state index contributed by atoms with van der Waals surface area (Å²) in [6.07, 6.45) is 1.09. The molecule has 0 fully saturated rings. The number of rotatable bonds is 3. The normalized spacial score (nSPS) is 20.7. The zero-order valence-electron chi connectivity index (χ0n) is 12.4. The minimum absolute atomic E-state index is 0.199. The van der Waals surface area contributed by atoms with Crippen LogP contribution in [0.5, 0.6) is 11.5 Å². The van der Waals surface area contributed by atoms with Crippen LogP contribution in [0.4, 0.5) is 0 Å². The first-order valence-electron chi connectivity index (χ1n) is 7.20. The van der Waals surface area contributed by atoms with Crippen LogP contribution < -0.4 is 9.47 Å². The summed E-state index contributed by atoms with van der Waals surface area (Å²) >= 11 is 0. The molecule has 3 nitrogen and oxygen atoms in total. The van der Waals surface area contributed by atoms with E-state index in [1.165, 1.54) is 11.1 Å². The third-order valence-corrected chi connectivity index (χ3v) is 4.19. The van der Waals surface area contributed by atoms with Gasteiger partial charge in [0.2, 0.25) is 0 Å². The Hall–Kier alpha value is -2.00. The number of ether oxygens (including phenoxy) is 2. The maximum atomic E-state index is 10.2. The third kappa shape index (κ3) is 2.61. The fourth-order valence-corrected chi connectivity index (χ4v) is 3.18. The summed E-state index contributed by atoms with van der Waals surface area (Å²) in [5, 5.41) is 10.2. The lowest BCUT2D eigenvalue weighted by atomic mass is 9.77. The predicted octanol–water partition coefficient (Wildman–Crippen LogP) is 3.14. The SMILES string of the molecule is COc1cc2c(cc1OC)[C@@H](c1ccccc1)C[C@H](O)C2. The van der Waals surface area contributed by atoms with Crippen LogP contribution in [0.3, 0.4) is 0 Å². The Morgan fingerprint density at radius 3 is 2.33 bits per heavy atom. The van der Waals surface area contributed by atoms with Gasteiger partial charge in [-0.05, 0) is 41.7 Å². The van der Waals surface area contributed by atoms with Crippen LogP contribution in [-0.2, 0) is 6.42 Å². The van der Waals surface area contributed by atoms with E-state index in [0.29, 0.717) is 6.42 Å². The Balaban J connectivity index is 2.11. The molecule has 0 aliphatic heterocycles. The number of aliphatic hydroxyl groups excluding tert-OH is 1. The highest BCUT2D eigenvalue weighted by Crippen LogP contribution is 2.41. The molecule has 3 heteroatoms. The summed E-state index contributed by atoms with van der Waals surface area (Å²) < 4.78 is 10.8. The van der Waals surface area contributed by atoms with Crippen molar-refractivity contribution in [2.45, 2.75) is 24.9 Å². The van der Waals surface area contributed by atoms with Gasteiger partial charge in [0.15, 0.2) is 11.5 Å². The van der Waals surface area contributed by atoms with E-state index in [-0.39, 0.29) is 12.0 Å². The molecular formula is C18H20O3. The molecule has 1 N–H and O–H groups in total. The number of fused-ring (bicyclic) bond motifs is 1. The Kier molecular flexibility index (Phi) is 3.84. The molecule has 0 aromatic heterocycles. The van der Waals surface area contributed by atoms with E-state index >= 15 is 0 Å². The molecule has 3 rings (SSSR count). The fourth-order valence-electron chi connectivity index (χ4n) is 3.18. The molecule has 0 bridgehead atoms. The highest BCUT2D eigenvalue weighted by Gasteiger charge is 2.28. The smallest absolute Gasteiger partial charge is 0.161 e. The summed E-state index contributed by atoms with van der Waals surface area (Å²) in [5.74, 6) is 1.66. The highest BCUT2D eigenvalue weighted by atomic mass is 16.5. The van der Waals surface area contributed by atoms with Crippen molar-refractivity contribution in [1.82, 2.24) is 0 Å². The second-order valence-corrected chi connectivity index (χ2v) is 5.46. The van der Waals surface area contributed by atoms with Gasteiger partial charge in [0.05, 0.1) is 20.3 Å². The lowest BCUT2D eigenvalue weighted by Gasteiger charge is -2.30. The molecule has 2 atom stereocenters. The van der Waals surface area contributed by atoms with E-state index < -0.39 is 0 Å². The van der Waals surface area contributed by atoms with Crippen molar-refractivity contribution in [3.63, 3.8) is 0 Å². The maximum absolute atomic E-state index is 10.2. The van der Waals surface area contributed by atoms with Crippen molar-refractivity contribution >= 4 is 0 Å². The van der Waals surface area contributed by atoms with Crippen LogP contribution in [-0.4, -0.2) is 25.4 Å². The summed E-state index contributed by atoms with van der Waals surface area (Å²) in [6.45, 7) is 0. The van der Waals surface area contributed by atoms with Gasteiger partial charge in [0.25, 0.3) is 0 Å². The fraction of sp³-hybridized carbons (Fsp3) is 0.333. The molecule has 2 aromatic carbocycles. The molecule has 0 saturated heterocycles. The zero-order chi connectivity index (χ0) is 14.8. The van der Waals surface area contributed by atoms with Gasteiger partial charge in [-0.3, -0.25) is 0 Å². The second kappa shape index (κ2) is 5.78. The Morgan fingerprint density at radius 2 is 1.67 bits per heavy atom. The van der Waals surface area contributed by atoms with Crippen molar-refractivity contribution in [3.8, 4) is 11.5 Å². The van der Waals surface area contributed by atoms with E-state index in [9.17, 15) is 5.11 Å². The largest absolute Gasteiger partial charge is 0.493 e. The quantitative estimate of drug-likeness (QED) is 0.941. The first-order chi connectivity index (χ1) is 10.2. The van der Waals surface area contributed by atoms with E-state index in [1.807, 2.05) is 24.3 Å². The van der Waals surface area contributed by atoms with Gasteiger partial charge in [-0.25, -0.2) is 0 Å². The minimum atomic E-state index is -0.319. The van der Waals surface area contributed by atoms with E-state index in [4.69, 9.17) is 9.47 Å². The standard InChI is InChI=1S/C18H20O3/c1-20-17-9-13-8-14(19)10-15(12-6-4-3-5-7-12)16(13)11-18(17)21-2/h3-7,9,11,14-15,19H,8,10H2,1-2H3/t14-,15-/m1/s1. The van der Waals surface area contributed by atoms with Gasteiger partial charge in [-0.2, -0.15) is 0 Å². The Bertz CT molecular complexity index is 622. The van der Waals surface area contributed by atoms with Crippen molar-refractivity contribution in [1.29, 1.82) is 0 Å². The van der Waals surface area contributed by atoms with Crippen LogP contribution in [0.15, 0.2) is 42.5 Å². The average Bonchev–Trinajstić information content (AvgIpc) is 2.53. The molecule has 0 heterocycles. The third-order valence-electron chi connectivity index (χ3n) is 4.19. The Labute approximate surface area is 125 Å².